The fourth-order valence-electron chi connectivity index (χ4n) is 1.01. The average Bonchev–Trinajstić information content (AvgIpc) is 2.74. The summed E-state index contributed by atoms with van der Waals surface area (Å²) in [5.74, 6) is 0. The minimum atomic E-state index is 0.692. The highest BCUT2D eigenvalue weighted by Crippen LogP contribution is 2.30. The number of hydrogen-bond acceptors (Lipinski definition) is 3. The van der Waals surface area contributed by atoms with Crippen molar-refractivity contribution in [3.63, 3.8) is 0 Å². The van der Waals surface area contributed by atoms with E-state index in [2.05, 4.69) is 0 Å². The molecule has 1 nitrogen and oxygen atoms in total. The van der Waals surface area contributed by atoms with Crippen molar-refractivity contribution in [2.75, 3.05) is 0 Å². The van der Waals surface area contributed by atoms with Gasteiger partial charge in [0, 0.05) is 10.4 Å². The molecule has 0 atom stereocenters. The fourth-order valence-corrected chi connectivity index (χ4v) is 2.53. The van der Waals surface area contributed by atoms with Crippen LogP contribution in [0, 0.1) is 0 Å². The summed E-state index contributed by atoms with van der Waals surface area (Å²) >= 11 is 3.07. The second-order valence-corrected chi connectivity index (χ2v) is 4.11. The van der Waals surface area contributed by atoms with Gasteiger partial charge in [0.1, 0.15) is 0 Å². The van der Waals surface area contributed by atoms with Crippen LogP contribution in [0.2, 0.25) is 0 Å². The van der Waals surface area contributed by atoms with Crippen molar-refractivity contribution in [3.8, 4) is 10.4 Å². The van der Waals surface area contributed by atoms with Gasteiger partial charge < -0.3 is 0 Å². The standard InChI is InChI=1S/C9H5OS2/c10-6-9-7(3-5-12-9)8-2-1-4-11-8/h1-5H. The second kappa shape index (κ2) is 3.21. The van der Waals surface area contributed by atoms with Crippen LogP contribution in [0.3, 0.4) is 0 Å². The zero-order chi connectivity index (χ0) is 8.39. The highest BCUT2D eigenvalue weighted by atomic mass is 32.1. The summed E-state index contributed by atoms with van der Waals surface area (Å²) < 4.78 is 0. The highest BCUT2D eigenvalue weighted by Gasteiger charge is 2.06. The normalized spacial score (nSPS) is 10.0. The third-order valence-corrected chi connectivity index (χ3v) is 3.26. The van der Waals surface area contributed by atoms with E-state index in [0.29, 0.717) is 4.88 Å². The Morgan fingerprint density at radius 2 is 2.08 bits per heavy atom. The Bertz CT molecular complexity index is 373. The van der Waals surface area contributed by atoms with E-state index in [0.717, 1.165) is 10.4 Å². The zero-order valence-corrected chi connectivity index (χ0v) is 7.74. The Balaban J connectivity index is 2.53. The lowest BCUT2D eigenvalue weighted by Crippen LogP contribution is -1.75. The molecule has 0 saturated heterocycles. The van der Waals surface area contributed by atoms with Gasteiger partial charge in [0.25, 0.3) is 0 Å². The van der Waals surface area contributed by atoms with E-state index in [-0.39, 0.29) is 0 Å². The van der Waals surface area contributed by atoms with Gasteiger partial charge in [0.15, 0.2) is 0 Å². The monoisotopic (exact) mass is 193 g/mol. The van der Waals surface area contributed by atoms with Crippen molar-refractivity contribution < 1.29 is 4.79 Å². The van der Waals surface area contributed by atoms with Crippen LogP contribution in [0.15, 0.2) is 29.0 Å². The molecule has 0 saturated carbocycles. The van der Waals surface area contributed by atoms with Crippen LogP contribution in [0.5, 0.6) is 0 Å². The molecular formula is C9H5OS2. The van der Waals surface area contributed by atoms with Crippen LogP contribution in [0.1, 0.15) is 4.88 Å². The molecule has 1 radical (unpaired) electrons. The van der Waals surface area contributed by atoms with Crippen molar-refractivity contribution in [3.05, 3.63) is 33.8 Å². The first-order valence-electron chi connectivity index (χ1n) is 3.41. The third-order valence-electron chi connectivity index (χ3n) is 1.54. The van der Waals surface area contributed by atoms with E-state index in [1.54, 1.807) is 11.3 Å². The molecule has 0 aliphatic carbocycles. The summed E-state index contributed by atoms with van der Waals surface area (Å²) in [5, 5.41) is 3.91. The molecule has 0 aromatic carbocycles. The summed E-state index contributed by atoms with van der Waals surface area (Å²) in [6.07, 6.45) is 1.94. The van der Waals surface area contributed by atoms with Gasteiger partial charge in [0.05, 0.1) is 4.88 Å². The maximum atomic E-state index is 10.5. The molecule has 2 aromatic heterocycles. The first-order valence-corrected chi connectivity index (χ1v) is 5.17. The van der Waals surface area contributed by atoms with E-state index in [1.807, 2.05) is 35.2 Å². The maximum Gasteiger partial charge on any atom is 0.244 e. The molecule has 0 fully saturated rings. The molecule has 0 amide bonds. The minimum Gasteiger partial charge on any atom is -0.284 e. The molecule has 0 spiro atoms. The number of hydrogen-bond donors (Lipinski definition) is 0. The molecule has 2 rings (SSSR count). The largest absolute Gasteiger partial charge is 0.284 e. The molecular weight excluding hydrogens is 188 g/mol. The Kier molecular flexibility index (Phi) is 2.06. The summed E-state index contributed by atoms with van der Waals surface area (Å²) in [7, 11) is 0. The third kappa shape index (κ3) is 1.21. The van der Waals surface area contributed by atoms with E-state index < -0.39 is 0 Å². The van der Waals surface area contributed by atoms with E-state index in [4.69, 9.17) is 0 Å². The molecule has 0 bridgehead atoms. The summed E-state index contributed by atoms with van der Waals surface area (Å²) in [6, 6.07) is 5.94. The average molecular weight is 193 g/mol. The van der Waals surface area contributed by atoms with Crippen LogP contribution < -0.4 is 0 Å². The number of thiophene rings is 2. The van der Waals surface area contributed by atoms with Gasteiger partial charge in [0.2, 0.25) is 6.29 Å². The first kappa shape index (κ1) is 7.71. The minimum absolute atomic E-state index is 0.692. The van der Waals surface area contributed by atoms with Gasteiger partial charge in [-0.3, -0.25) is 4.79 Å². The van der Waals surface area contributed by atoms with Crippen molar-refractivity contribution in [1.29, 1.82) is 0 Å². The van der Waals surface area contributed by atoms with Crippen molar-refractivity contribution in [1.82, 2.24) is 0 Å². The van der Waals surface area contributed by atoms with Gasteiger partial charge in [-0.25, -0.2) is 0 Å². The van der Waals surface area contributed by atoms with E-state index >= 15 is 0 Å². The Hall–Kier alpha value is -0.930. The summed E-state index contributed by atoms with van der Waals surface area (Å²) in [4.78, 5) is 12.3. The predicted molar refractivity (Wildman–Crippen MR) is 52.4 cm³/mol. The topological polar surface area (TPSA) is 17.1 Å². The van der Waals surface area contributed by atoms with Crippen LogP contribution >= 0.6 is 22.7 Å². The van der Waals surface area contributed by atoms with Crippen LogP contribution in [-0.2, 0) is 4.79 Å². The van der Waals surface area contributed by atoms with Gasteiger partial charge in [-0.15, -0.1) is 22.7 Å². The second-order valence-electron chi connectivity index (χ2n) is 2.24. The lowest BCUT2D eigenvalue weighted by Gasteiger charge is -1.90. The van der Waals surface area contributed by atoms with Crippen molar-refractivity contribution in [2.45, 2.75) is 0 Å². The molecule has 0 unspecified atom stereocenters. The number of carbonyl (C=O) groups excluding carboxylic acids is 1. The predicted octanol–water partition coefficient (Wildman–Crippen LogP) is 2.93. The van der Waals surface area contributed by atoms with E-state index in [1.165, 1.54) is 11.3 Å². The summed E-state index contributed by atoms with van der Waals surface area (Å²) in [5.41, 5.74) is 1.00. The van der Waals surface area contributed by atoms with Crippen molar-refractivity contribution >= 4 is 29.0 Å². The van der Waals surface area contributed by atoms with Crippen LogP contribution in [0.4, 0.5) is 0 Å². The molecule has 2 heterocycles. The fraction of sp³-hybridized carbons (Fsp3) is 0. The molecule has 12 heavy (non-hydrogen) atoms. The highest BCUT2D eigenvalue weighted by molar-refractivity contribution is 7.15. The Morgan fingerprint density at radius 3 is 2.75 bits per heavy atom. The van der Waals surface area contributed by atoms with E-state index in [9.17, 15) is 4.79 Å². The summed E-state index contributed by atoms with van der Waals surface area (Å²) in [6.45, 7) is 0. The van der Waals surface area contributed by atoms with Gasteiger partial charge in [-0.05, 0) is 22.9 Å². The maximum absolute atomic E-state index is 10.5. The number of rotatable bonds is 2. The van der Waals surface area contributed by atoms with Crippen LogP contribution in [0.25, 0.3) is 10.4 Å². The lowest BCUT2D eigenvalue weighted by molar-refractivity contribution is 0.563. The van der Waals surface area contributed by atoms with Gasteiger partial charge in [-0.2, -0.15) is 0 Å². The SMILES string of the molecule is O=[C]c1sccc1-c1cccs1. The molecule has 2 aromatic rings. The molecule has 0 aliphatic rings. The lowest BCUT2D eigenvalue weighted by atomic mass is 10.2. The first-order chi connectivity index (χ1) is 5.92. The Labute approximate surface area is 78.3 Å². The van der Waals surface area contributed by atoms with Gasteiger partial charge >= 0.3 is 0 Å². The van der Waals surface area contributed by atoms with Gasteiger partial charge in [-0.1, -0.05) is 6.07 Å². The smallest absolute Gasteiger partial charge is 0.244 e. The van der Waals surface area contributed by atoms with Crippen LogP contribution in [-0.4, -0.2) is 6.29 Å². The molecule has 59 valence electrons. The molecule has 3 heteroatoms. The zero-order valence-electron chi connectivity index (χ0n) is 6.11. The van der Waals surface area contributed by atoms with Crippen molar-refractivity contribution in [2.24, 2.45) is 0 Å². The molecule has 0 N–H and O–H groups in total. The quantitative estimate of drug-likeness (QED) is 0.716. The molecule has 0 aliphatic heterocycles. The Morgan fingerprint density at radius 1 is 1.17 bits per heavy atom.